The highest BCUT2D eigenvalue weighted by Gasteiger charge is 2.57. The average molecular weight is 427 g/mol. The van der Waals surface area contributed by atoms with Crippen molar-refractivity contribution in [1.29, 1.82) is 0 Å². The van der Waals surface area contributed by atoms with E-state index in [4.69, 9.17) is 23.7 Å². The maximum atomic E-state index is 12.7. The fraction of sp³-hybridized carbons (Fsp3) is 0.480. The van der Waals surface area contributed by atoms with E-state index in [1.54, 1.807) is 19.2 Å². The normalized spacial score (nSPS) is 25.9. The SMILES string of the molecule is CO[C@H]1[C@H]([C@H](C)OCc2ccccc2)C2(CC[C@H]1OC(=O)c1ccccc1)OCCO2. The summed E-state index contributed by atoms with van der Waals surface area (Å²) in [5.41, 5.74) is 1.62. The van der Waals surface area contributed by atoms with E-state index in [2.05, 4.69) is 0 Å². The highest BCUT2D eigenvalue weighted by atomic mass is 16.7. The van der Waals surface area contributed by atoms with E-state index in [1.807, 2.05) is 55.5 Å². The van der Waals surface area contributed by atoms with E-state index in [0.29, 0.717) is 38.2 Å². The van der Waals surface area contributed by atoms with Crippen LogP contribution in [0.4, 0.5) is 0 Å². The number of carbonyl (C=O) groups excluding carboxylic acids is 1. The van der Waals surface area contributed by atoms with Gasteiger partial charge in [0.25, 0.3) is 0 Å². The molecule has 0 N–H and O–H groups in total. The minimum atomic E-state index is -0.785. The lowest BCUT2D eigenvalue weighted by Crippen LogP contribution is -2.59. The van der Waals surface area contributed by atoms with Gasteiger partial charge < -0.3 is 23.7 Å². The molecule has 6 heteroatoms. The number of hydrogen-bond acceptors (Lipinski definition) is 6. The summed E-state index contributed by atoms with van der Waals surface area (Å²) in [6.07, 6.45) is 0.151. The van der Waals surface area contributed by atoms with Crippen LogP contribution in [0.1, 0.15) is 35.7 Å². The Morgan fingerprint density at radius 1 is 1.06 bits per heavy atom. The van der Waals surface area contributed by atoms with Crippen LogP contribution < -0.4 is 0 Å². The van der Waals surface area contributed by atoms with Crippen LogP contribution in [0.5, 0.6) is 0 Å². The molecule has 1 saturated carbocycles. The van der Waals surface area contributed by atoms with Gasteiger partial charge in [0.15, 0.2) is 5.79 Å². The third-order valence-corrected chi connectivity index (χ3v) is 6.18. The third-order valence-electron chi connectivity index (χ3n) is 6.18. The van der Waals surface area contributed by atoms with Crippen LogP contribution in [-0.4, -0.2) is 50.4 Å². The minimum absolute atomic E-state index is 0.235. The molecular formula is C25H30O6. The zero-order valence-corrected chi connectivity index (χ0v) is 18.1. The molecule has 166 valence electrons. The molecule has 2 aliphatic rings. The number of benzene rings is 2. The van der Waals surface area contributed by atoms with Gasteiger partial charge in [0.2, 0.25) is 0 Å². The van der Waals surface area contributed by atoms with Crippen molar-refractivity contribution in [3.63, 3.8) is 0 Å². The molecule has 1 aliphatic heterocycles. The zero-order valence-electron chi connectivity index (χ0n) is 18.1. The second-order valence-electron chi connectivity index (χ2n) is 8.09. The molecule has 6 nitrogen and oxygen atoms in total. The summed E-state index contributed by atoms with van der Waals surface area (Å²) in [6, 6.07) is 19.0. The number of methoxy groups -OCH3 is 1. The minimum Gasteiger partial charge on any atom is -0.456 e. The molecule has 31 heavy (non-hydrogen) atoms. The summed E-state index contributed by atoms with van der Waals surface area (Å²) < 4.78 is 30.3. The Bertz CT molecular complexity index is 834. The van der Waals surface area contributed by atoms with Gasteiger partial charge in [-0.2, -0.15) is 0 Å². The lowest BCUT2D eigenvalue weighted by molar-refractivity contribution is -0.280. The highest BCUT2D eigenvalue weighted by Crippen LogP contribution is 2.45. The van der Waals surface area contributed by atoms with Crippen molar-refractivity contribution in [2.75, 3.05) is 20.3 Å². The lowest BCUT2D eigenvalue weighted by Gasteiger charge is -2.48. The van der Waals surface area contributed by atoms with E-state index < -0.39 is 18.0 Å². The molecule has 0 radical (unpaired) electrons. The first-order chi connectivity index (χ1) is 15.1. The molecule has 0 amide bonds. The molecule has 1 aliphatic carbocycles. The topological polar surface area (TPSA) is 63.2 Å². The Morgan fingerprint density at radius 3 is 2.35 bits per heavy atom. The average Bonchev–Trinajstić information content (AvgIpc) is 3.28. The first-order valence-electron chi connectivity index (χ1n) is 10.9. The number of rotatable bonds is 7. The molecular weight excluding hydrogens is 396 g/mol. The highest BCUT2D eigenvalue weighted by molar-refractivity contribution is 5.89. The summed E-state index contributed by atoms with van der Waals surface area (Å²) in [4.78, 5) is 12.7. The number of esters is 1. The Labute approximate surface area is 183 Å². The van der Waals surface area contributed by atoms with E-state index in [0.717, 1.165) is 5.56 Å². The summed E-state index contributed by atoms with van der Waals surface area (Å²) in [7, 11) is 1.64. The Kier molecular flexibility index (Phi) is 7.02. The molecule has 0 unspecified atom stereocenters. The van der Waals surface area contributed by atoms with E-state index in [-0.39, 0.29) is 18.0 Å². The van der Waals surface area contributed by atoms with Gasteiger partial charge in [0.05, 0.1) is 37.4 Å². The maximum Gasteiger partial charge on any atom is 0.338 e. The monoisotopic (exact) mass is 426 g/mol. The summed E-state index contributed by atoms with van der Waals surface area (Å²) in [5.74, 6) is -1.38. The standard InChI is InChI=1S/C25H30O6/c1-18(28-17-19-9-5-3-6-10-19)22-23(27-2)21(13-14-25(22)29-15-16-30-25)31-24(26)20-11-7-4-8-12-20/h3-12,18,21-23H,13-17H2,1-2H3/t18-,21+,22-,23+/m0/s1. The lowest BCUT2D eigenvalue weighted by atomic mass is 9.76. The van der Waals surface area contributed by atoms with Crippen LogP contribution in [0, 0.1) is 5.92 Å². The second kappa shape index (κ2) is 9.92. The molecule has 0 aromatic heterocycles. The molecule has 1 spiro atoms. The van der Waals surface area contributed by atoms with Gasteiger partial charge in [0.1, 0.15) is 12.2 Å². The van der Waals surface area contributed by atoms with Crippen LogP contribution >= 0.6 is 0 Å². The predicted molar refractivity (Wildman–Crippen MR) is 114 cm³/mol. The summed E-state index contributed by atoms with van der Waals surface area (Å²) >= 11 is 0. The largest absolute Gasteiger partial charge is 0.456 e. The van der Waals surface area contributed by atoms with E-state index in [9.17, 15) is 4.79 Å². The van der Waals surface area contributed by atoms with Gasteiger partial charge in [-0.3, -0.25) is 0 Å². The van der Waals surface area contributed by atoms with Crippen LogP contribution in [0.15, 0.2) is 60.7 Å². The van der Waals surface area contributed by atoms with Gasteiger partial charge in [-0.15, -0.1) is 0 Å². The van der Waals surface area contributed by atoms with Crippen LogP contribution in [-0.2, 0) is 30.3 Å². The van der Waals surface area contributed by atoms with Crippen LogP contribution in [0.2, 0.25) is 0 Å². The zero-order chi connectivity index (χ0) is 21.7. The van der Waals surface area contributed by atoms with Crippen LogP contribution in [0.25, 0.3) is 0 Å². The first kappa shape index (κ1) is 22.0. The van der Waals surface area contributed by atoms with E-state index >= 15 is 0 Å². The second-order valence-corrected chi connectivity index (χ2v) is 8.09. The molecule has 2 fully saturated rings. The molecule has 1 heterocycles. The molecule has 1 saturated heterocycles. The fourth-order valence-corrected chi connectivity index (χ4v) is 4.70. The van der Waals surface area contributed by atoms with Gasteiger partial charge >= 0.3 is 5.97 Å². The number of carbonyl (C=O) groups is 1. The third kappa shape index (κ3) is 4.83. The Morgan fingerprint density at radius 2 is 1.71 bits per heavy atom. The number of ether oxygens (including phenoxy) is 5. The van der Waals surface area contributed by atoms with Gasteiger partial charge in [-0.1, -0.05) is 48.5 Å². The van der Waals surface area contributed by atoms with Crippen molar-refractivity contribution in [3.05, 3.63) is 71.8 Å². The van der Waals surface area contributed by atoms with Gasteiger partial charge in [0, 0.05) is 13.5 Å². The Hall–Kier alpha value is -2.25. The van der Waals surface area contributed by atoms with Crippen molar-refractivity contribution in [3.8, 4) is 0 Å². The van der Waals surface area contributed by atoms with Crippen molar-refractivity contribution >= 4 is 5.97 Å². The summed E-state index contributed by atoms with van der Waals surface area (Å²) in [6.45, 7) is 3.55. The summed E-state index contributed by atoms with van der Waals surface area (Å²) in [5, 5.41) is 0. The van der Waals surface area contributed by atoms with E-state index in [1.165, 1.54) is 0 Å². The molecule has 4 rings (SSSR count). The maximum absolute atomic E-state index is 12.7. The predicted octanol–water partition coefficient (Wildman–Crippen LogP) is 3.99. The Balaban J connectivity index is 1.52. The van der Waals surface area contributed by atoms with Gasteiger partial charge in [-0.25, -0.2) is 4.79 Å². The van der Waals surface area contributed by atoms with Crippen LogP contribution in [0.3, 0.4) is 0 Å². The quantitative estimate of drug-likeness (QED) is 0.624. The molecule has 0 bridgehead atoms. The fourth-order valence-electron chi connectivity index (χ4n) is 4.70. The first-order valence-corrected chi connectivity index (χ1v) is 10.9. The molecule has 2 aromatic carbocycles. The molecule has 4 atom stereocenters. The molecule has 2 aromatic rings. The van der Waals surface area contributed by atoms with Crippen molar-refractivity contribution in [2.45, 2.75) is 50.5 Å². The number of hydrogen-bond donors (Lipinski definition) is 0. The van der Waals surface area contributed by atoms with Crippen molar-refractivity contribution in [1.82, 2.24) is 0 Å². The smallest absolute Gasteiger partial charge is 0.338 e. The van der Waals surface area contributed by atoms with Crippen molar-refractivity contribution < 1.29 is 28.5 Å². The van der Waals surface area contributed by atoms with Crippen molar-refractivity contribution in [2.24, 2.45) is 5.92 Å². The van der Waals surface area contributed by atoms with Gasteiger partial charge in [-0.05, 0) is 31.0 Å².